The van der Waals surface area contributed by atoms with E-state index in [-0.39, 0.29) is 5.75 Å². The van der Waals surface area contributed by atoms with Gasteiger partial charge in [-0.1, -0.05) is 0 Å². The summed E-state index contributed by atoms with van der Waals surface area (Å²) in [5, 5.41) is 23.3. The van der Waals surface area contributed by atoms with Crippen molar-refractivity contribution in [2.45, 2.75) is 31.7 Å². The summed E-state index contributed by atoms with van der Waals surface area (Å²) in [4.78, 5) is 15.5. The summed E-state index contributed by atoms with van der Waals surface area (Å²) in [5.74, 6) is 0.0324. The van der Waals surface area contributed by atoms with Crippen LogP contribution in [0.15, 0.2) is 23.2 Å². The molecular formula is C18H27N3O4S. The van der Waals surface area contributed by atoms with E-state index in [0.717, 1.165) is 32.4 Å². The second-order valence-electron chi connectivity index (χ2n) is 6.41. The van der Waals surface area contributed by atoms with Gasteiger partial charge in [-0.15, -0.1) is 11.8 Å². The van der Waals surface area contributed by atoms with Gasteiger partial charge in [0.15, 0.2) is 5.54 Å². The molecule has 0 saturated carbocycles. The van der Waals surface area contributed by atoms with E-state index in [0.29, 0.717) is 35.3 Å². The van der Waals surface area contributed by atoms with Gasteiger partial charge < -0.3 is 26.0 Å². The van der Waals surface area contributed by atoms with Gasteiger partial charge in [0.05, 0.1) is 6.61 Å². The van der Waals surface area contributed by atoms with Crippen molar-refractivity contribution in [2.24, 2.45) is 10.7 Å². The minimum absolute atomic E-state index is 0.0480. The fraction of sp³-hybridized carbons (Fsp3) is 0.556. The van der Waals surface area contributed by atoms with Crippen molar-refractivity contribution < 1.29 is 19.7 Å². The molecular weight excluding hydrogens is 354 g/mol. The number of carboxylic acids is 1. The lowest BCUT2D eigenvalue weighted by molar-refractivity contribution is -0.141. The molecule has 2 rings (SSSR count). The number of ether oxygens (including phenoxy) is 1. The van der Waals surface area contributed by atoms with Crippen molar-refractivity contribution >= 4 is 22.8 Å². The Morgan fingerprint density at radius 1 is 1.38 bits per heavy atom. The molecule has 0 spiro atoms. The second-order valence-corrected chi connectivity index (χ2v) is 7.38. The van der Waals surface area contributed by atoms with Gasteiger partial charge in [-0.05, 0) is 58.0 Å². The topological polar surface area (TPSA) is 117 Å². The van der Waals surface area contributed by atoms with Gasteiger partial charge >= 0.3 is 5.97 Å². The molecule has 1 atom stereocenters. The van der Waals surface area contributed by atoms with Crippen LogP contribution in [0.3, 0.4) is 0 Å². The Morgan fingerprint density at radius 2 is 2.15 bits per heavy atom. The van der Waals surface area contributed by atoms with Gasteiger partial charge in [-0.2, -0.15) is 0 Å². The zero-order chi connectivity index (χ0) is 19.0. The summed E-state index contributed by atoms with van der Waals surface area (Å²) in [6, 6.07) is 5.04. The maximum atomic E-state index is 11.3. The standard InChI is InChI=1S/C18H27N3O4S/c1-18(17(23)24)12-26-16(21-18)14-6-5-13(11-15(14)22)25-10-3-2-8-20-9-4-7-19/h5-6,11,20,22H,2-4,7-10,12,19H2,1H3,(H,23,24)/t18-/m1/s1. The molecule has 1 aromatic carbocycles. The minimum atomic E-state index is -1.14. The van der Waals surface area contributed by atoms with Crippen LogP contribution in [0.25, 0.3) is 0 Å². The third kappa shape index (κ3) is 5.62. The number of benzene rings is 1. The van der Waals surface area contributed by atoms with Crippen molar-refractivity contribution in [3.8, 4) is 11.5 Å². The zero-order valence-corrected chi connectivity index (χ0v) is 15.8. The number of nitrogens with zero attached hydrogens (tertiary/aromatic N) is 1. The molecule has 0 fully saturated rings. The third-order valence-electron chi connectivity index (χ3n) is 4.07. The number of rotatable bonds is 11. The first-order chi connectivity index (χ1) is 12.5. The van der Waals surface area contributed by atoms with Crippen LogP contribution in [-0.4, -0.2) is 58.8 Å². The lowest BCUT2D eigenvalue weighted by Crippen LogP contribution is -2.33. The van der Waals surface area contributed by atoms with Crippen LogP contribution in [0, 0.1) is 0 Å². The molecule has 0 aromatic heterocycles. The molecule has 144 valence electrons. The Kier molecular flexibility index (Phi) is 7.74. The summed E-state index contributed by atoms with van der Waals surface area (Å²) < 4.78 is 5.66. The predicted molar refractivity (Wildman–Crippen MR) is 104 cm³/mol. The number of unbranched alkanes of at least 4 members (excludes halogenated alkanes) is 1. The average Bonchev–Trinajstić information content (AvgIpc) is 3.01. The zero-order valence-electron chi connectivity index (χ0n) is 15.0. The number of aliphatic imine (C=N–C) groups is 1. The first-order valence-corrected chi connectivity index (χ1v) is 9.78. The van der Waals surface area contributed by atoms with E-state index in [1.165, 1.54) is 11.8 Å². The number of phenols is 1. The molecule has 0 radical (unpaired) electrons. The largest absolute Gasteiger partial charge is 0.507 e. The molecule has 0 unspecified atom stereocenters. The van der Waals surface area contributed by atoms with Gasteiger partial charge in [0.2, 0.25) is 0 Å². The summed E-state index contributed by atoms with van der Waals surface area (Å²) in [6.45, 7) is 4.73. The van der Waals surface area contributed by atoms with E-state index in [1.54, 1.807) is 25.1 Å². The summed E-state index contributed by atoms with van der Waals surface area (Å²) in [5.41, 5.74) is 4.83. The smallest absolute Gasteiger partial charge is 0.332 e. The normalized spacial score (nSPS) is 19.4. The lowest BCUT2D eigenvalue weighted by atomic mass is 10.1. The molecule has 1 aromatic rings. The molecule has 0 saturated heterocycles. The van der Waals surface area contributed by atoms with Crippen LogP contribution in [0.5, 0.6) is 11.5 Å². The summed E-state index contributed by atoms with van der Waals surface area (Å²) in [6.07, 6.45) is 2.91. The van der Waals surface area contributed by atoms with Gasteiger partial charge in [0, 0.05) is 17.4 Å². The highest BCUT2D eigenvalue weighted by molar-refractivity contribution is 8.14. The van der Waals surface area contributed by atoms with Crippen molar-refractivity contribution in [1.82, 2.24) is 5.32 Å². The van der Waals surface area contributed by atoms with E-state index in [2.05, 4.69) is 10.3 Å². The molecule has 1 aliphatic heterocycles. The number of carboxylic acid groups (broad SMARTS) is 1. The molecule has 7 nitrogen and oxygen atoms in total. The fourth-order valence-electron chi connectivity index (χ4n) is 2.42. The Balaban J connectivity index is 1.82. The number of hydrogen-bond acceptors (Lipinski definition) is 7. The fourth-order valence-corrected chi connectivity index (χ4v) is 3.62. The van der Waals surface area contributed by atoms with Crippen LogP contribution in [-0.2, 0) is 4.79 Å². The van der Waals surface area contributed by atoms with E-state index in [1.807, 2.05) is 0 Å². The molecule has 0 bridgehead atoms. The van der Waals surface area contributed by atoms with Crippen LogP contribution >= 0.6 is 11.8 Å². The van der Waals surface area contributed by atoms with Crippen molar-refractivity contribution in [1.29, 1.82) is 0 Å². The van der Waals surface area contributed by atoms with E-state index in [9.17, 15) is 15.0 Å². The maximum Gasteiger partial charge on any atom is 0.332 e. The van der Waals surface area contributed by atoms with Gasteiger partial charge in [-0.25, -0.2) is 4.79 Å². The third-order valence-corrected chi connectivity index (χ3v) is 5.36. The van der Waals surface area contributed by atoms with Gasteiger partial charge in [-0.3, -0.25) is 4.99 Å². The predicted octanol–water partition coefficient (Wildman–Crippen LogP) is 1.83. The molecule has 0 aliphatic carbocycles. The summed E-state index contributed by atoms with van der Waals surface area (Å²) >= 11 is 1.34. The Bertz CT molecular complexity index is 653. The molecule has 5 N–H and O–H groups in total. The quantitative estimate of drug-likeness (QED) is 0.432. The van der Waals surface area contributed by atoms with Crippen LogP contribution in [0.2, 0.25) is 0 Å². The molecule has 8 heteroatoms. The number of nitrogens with one attached hydrogen (secondary N) is 1. The van der Waals surface area contributed by atoms with Gasteiger partial charge in [0.1, 0.15) is 16.5 Å². The van der Waals surface area contributed by atoms with E-state index in [4.69, 9.17) is 10.5 Å². The number of aliphatic carboxylic acids is 1. The Morgan fingerprint density at radius 3 is 2.81 bits per heavy atom. The Hall–Kier alpha value is -1.77. The number of phenolic OH excluding ortho intramolecular Hbond substituents is 1. The number of carbonyl (C=O) groups is 1. The van der Waals surface area contributed by atoms with Crippen LogP contribution in [0.4, 0.5) is 0 Å². The highest BCUT2D eigenvalue weighted by Gasteiger charge is 2.38. The lowest BCUT2D eigenvalue weighted by Gasteiger charge is -2.11. The van der Waals surface area contributed by atoms with E-state index < -0.39 is 11.5 Å². The van der Waals surface area contributed by atoms with Crippen molar-refractivity contribution in [3.05, 3.63) is 23.8 Å². The highest BCUT2D eigenvalue weighted by atomic mass is 32.2. The number of nitrogens with two attached hydrogens (primary N) is 1. The number of thioether (sulfide) groups is 1. The average molecular weight is 381 g/mol. The van der Waals surface area contributed by atoms with Crippen LogP contribution < -0.4 is 15.8 Å². The van der Waals surface area contributed by atoms with E-state index >= 15 is 0 Å². The monoisotopic (exact) mass is 381 g/mol. The Labute approximate surface area is 158 Å². The van der Waals surface area contributed by atoms with Crippen molar-refractivity contribution in [2.75, 3.05) is 32.0 Å². The molecule has 26 heavy (non-hydrogen) atoms. The highest BCUT2D eigenvalue weighted by Crippen LogP contribution is 2.35. The van der Waals surface area contributed by atoms with Crippen molar-refractivity contribution in [3.63, 3.8) is 0 Å². The molecule has 1 aliphatic rings. The number of aromatic hydroxyl groups is 1. The maximum absolute atomic E-state index is 11.3. The summed E-state index contributed by atoms with van der Waals surface area (Å²) in [7, 11) is 0. The minimum Gasteiger partial charge on any atom is -0.507 e. The first-order valence-electron chi connectivity index (χ1n) is 8.79. The van der Waals surface area contributed by atoms with Gasteiger partial charge in [0.25, 0.3) is 0 Å². The first kappa shape index (κ1) is 20.5. The van der Waals surface area contributed by atoms with Crippen LogP contribution in [0.1, 0.15) is 31.7 Å². The number of hydrogen-bond donors (Lipinski definition) is 4. The SMILES string of the molecule is C[C@]1(C(=O)O)CSC(c2ccc(OCCCCNCCCN)cc2O)=N1. The molecule has 1 heterocycles. The molecule has 0 amide bonds. The second kappa shape index (κ2) is 9.80.